The van der Waals surface area contributed by atoms with Gasteiger partial charge in [0.2, 0.25) is 0 Å². The van der Waals surface area contributed by atoms with Crippen molar-refractivity contribution in [3.8, 4) is 0 Å². The van der Waals surface area contributed by atoms with E-state index in [0.717, 1.165) is 49.6 Å². The summed E-state index contributed by atoms with van der Waals surface area (Å²) in [6.07, 6.45) is 3.69. The van der Waals surface area contributed by atoms with Crippen LogP contribution in [0.15, 0.2) is 48.8 Å². The molecule has 1 fully saturated rings. The minimum Gasteiger partial charge on any atom is -0.369 e. The van der Waals surface area contributed by atoms with Gasteiger partial charge in [-0.2, -0.15) is 0 Å². The molecule has 4 rings (SSSR count). The van der Waals surface area contributed by atoms with Gasteiger partial charge >= 0.3 is 0 Å². The van der Waals surface area contributed by atoms with Gasteiger partial charge in [0, 0.05) is 56.0 Å². The number of benzene rings is 1. The van der Waals surface area contributed by atoms with Gasteiger partial charge in [-0.25, -0.2) is 9.07 Å². The van der Waals surface area contributed by atoms with Crippen LogP contribution in [0.1, 0.15) is 5.82 Å². The van der Waals surface area contributed by atoms with E-state index in [1.165, 1.54) is 5.69 Å². The van der Waals surface area contributed by atoms with Crippen molar-refractivity contribution in [2.45, 2.75) is 6.54 Å². The molecule has 1 saturated heterocycles. The quantitative estimate of drug-likeness (QED) is 0.741. The molecule has 0 spiro atoms. The normalized spacial score (nSPS) is 16.1. The highest BCUT2D eigenvalue weighted by Crippen LogP contribution is 2.20. The molecule has 0 radical (unpaired) electrons. The van der Waals surface area contributed by atoms with Crippen molar-refractivity contribution in [1.82, 2.24) is 19.0 Å². The highest BCUT2D eigenvalue weighted by atomic mass is 35.5. The van der Waals surface area contributed by atoms with Gasteiger partial charge in [-0.3, -0.25) is 9.88 Å². The van der Waals surface area contributed by atoms with Gasteiger partial charge in [-0.15, -0.1) is 0 Å². The van der Waals surface area contributed by atoms with Crippen LogP contribution in [0.25, 0.3) is 11.0 Å². The van der Waals surface area contributed by atoms with E-state index in [1.807, 2.05) is 36.7 Å². The number of imidazole rings is 1. The Labute approximate surface area is 140 Å². The zero-order valence-electron chi connectivity index (χ0n) is 12.8. The van der Waals surface area contributed by atoms with Gasteiger partial charge in [-0.05, 0) is 24.3 Å². The molecule has 0 aliphatic carbocycles. The minimum absolute atomic E-state index is 0.780. The lowest BCUT2D eigenvalue weighted by Gasteiger charge is -2.35. The monoisotopic (exact) mass is 327 g/mol. The van der Waals surface area contributed by atoms with Gasteiger partial charge in [-0.1, -0.05) is 12.1 Å². The van der Waals surface area contributed by atoms with E-state index in [-0.39, 0.29) is 0 Å². The number of piperazine rings is 1. The minimum atomic E-state index is 0.780. The van der Waals surface area contributed by atoms with Crippen LogP contribution in [-0.2, 0) is 6.54 Å². The average Bonchev–Trinajstić information content (AvgIpc) is 2.93. The molecular weight excluding hydrogens is 310 g/mol. The molecule has 3 aromatic rings. The first-order valence-corrected chi connectivity index (χ1v) is 8.15. The number of aromatic nitrogens is 3. The number of halogens is 1. The smallest absolute Gasteiger partial charge is 0.138 e. The first-order valence-electron chi connectivity index (χ1n) is 7.81. The Morgan fingerprint density at radius 2 is 1.70 bits per heavy atom. The van der Waals surface area contributed by atoms with Crippen LogP contribution in [0.2, 0.25) is 0 Å². The fourth-order valence-corrected chi connectivity index (χ4v) is 3.30. The predicted octanol–water partition coefficient (Wildman–Crippen LogP) is 2.76. The van der Waals surface area contributed by atoms with Crippen LogP contribution < -0.4 is 4.90 Å². The van der Waals surface area contributed by atoms with Crippen molar-refractivity contribution in [2.24, 2.45) is 0 Å². The maximum atomic E-state index is 6.41. The third kappa shape index (κ3) is 2.90. The number of fused-ring (bicyclic) bond motifs is 1. The lowest BCUT2D eigenvalue weighted by molar-refractivity contribution is 0.244. The van der Waals surface area contributed by atoms with Gasteiger partial charge in [0.05, 0.1) is 17.6 Å². The number of nitrogens with zero attached hydrogens (tertiary/aromatic N) is 5. The van der Waals surface area contributed by atoms with Crippen molar-refractivity contribution in [1.29, 1.82) is 0 Å². The van der Waals surface area contributed by atoms with Crippen LogP contribution in [0.4, 0.5) is 5.69 Å². The third-order valence-electron chi connectivity index (χ3n) is 4.33. The average molecular weight is 328 g/mol. The maximum Gasteiger partial charge on any atom is 0.138 e. The van der Waals surface area contributed by atoms with E-state index >= 15 is 0 Å². The van der Waals surface area contributed by atoms with E-state index in [0.29, 0.717) is 0 Å². The van der Waals surface area contributed by atoms with Crippen LogP contribution in [0.3, 0.4) is 0 Å². The first kappa shape index (κ1) is 14.5. The highest BCUT2D eigenvalue weighted by Gasteiger charge is 2.19. The number of hydrogen-bond acceptors (Lipinski definition) is 4. The standard InChI is InChI=1S/C17H18ClN5/c18-23-16-4-2-1-3-15(16)20-17(23)13-21-9-11-22(12-10-21)14-5-7-19-8-6-14/h1-8H,9-13H2. The third-order valence-corrected chi connectivity index (χ3v) is 4.71. The molecule has 3 heterocycles. The second kappa shape index (κ2) is 6.18. The molecule has 0 unspecified atom stereocenters. The van der Waals surface area contributed by atoms with E-state index < -0.39 is 0 Å². The molecule has 0 amide bonds. The van der Waals surface area contributed by atoms with Crippen molar-refractivity contribution >= 4 is 28.5 Å². The maximum absolute atomic E-state index is 6.41. The van der Waals surface area contributed by atoms with Crippen molar-refractivity contribution in [2.75, 3.05) is 31.1 Å². The molecule has 2 aromatic heterocycles. The van der Waals surface area contributed by atoms with Gasteiger partial charge in [0.15, 0.2) is 0 Å². The molecule has 0 bridgehead atoms. The van der Waals surface area contributed by atoms with Crippen molar-refractivity contribution in [3.63, 3.8) is 0 Å². The summed E-state index contributed by atoms with van der Waals surface area (Å²) in [5.41, 5.74) is 3.16. The topological polar surface area (TPSA) is 37.2 Å². The molecule has 1 aromatic carbocycles. The van der Waals surface area contributed by atoms with Gasteiger partial charge in [0.1, 0.15) is 5.82 Å². The molecule has 1 aliphatic heterocycles. The molecule has 1 aliphatic rings. The van der Waals surface area contributed by atoms with Gasteiger partial charge < -0.3 is 4.90 Å². The summed E-state index contributed by atoms with van der Waals surface area (Å²) in [4.78, 5) is 13.5. The van der Waals surface area contributed by atoms with E-state index in [9.17, 15) is 0 Å². The lowest BCUT2D eigenvalue weighted by atomic mass is 10.2. The van der Waals surface area contributed by atoms with Crippen molar-refractivity contribution in [3.05, 3.63) is 54.6 Å². The Morgan fingerprint density at radius 1 is 0.957 bits per heavy atom. The number of hydrogen-bond donors (Lipinski definition) is 0. The van der Waals surface area contributed by atoms with Crippen LogP contribution in [0.5, 0.6) is 0 Å². The number of para-hydroxylation sites is 2. The molecular formula is C17H18ClN5. The number of pyridine rings is 1. The first-order chi connectivity index (χ1) is 11.3. The Morgan fingerprint density at radius 3 is 2.43 bits per heavy atom. The molecule has 0 N–H and O–H groups in total. The van der Waals surface area contributed by atoms with E-state index in [1.54, 1.807) is 4.09 Å². The summed E-state index contributed by atoms with van der Waals surface area (Å²) in [6, 6.07) is 12.1. The second-order valence-corrected chi connectivity index (χ2v) is 6.10. The largest absolute Gasteiger partial charge is 0.369 e. The molecule has 0 atom stereocenters. The molecule has 5 nitrogen and oxygen atoms in total. The summed E-state index contributed by atoms with van der Waals surface area (Å²) in [7, 11) is 0. The number of anilines is 1. The Hall–Kier alpha value is -2.11. The lowest BCUT2D eigenvalue weighted by Crippen LogP contribution is -2.46. The molecule has 6 heteroatoms. The Kier molecular flexibility index (Phi) is 3.89. The van der Waals surface area contributed by atoms with Crippen LogP contribution in [-0.4, -0.2) is 45.1 Å². The van der Waals surface area contributed by atoms with Crippen LogP contribution >= 0.6 is 11.8 Å². The number of rotatable bonds is 3. The molecule has 0 saturated carbocycles. The fourth-order valence-electron chi connectivity index (χ4n) is 3.06. The summed E-state index contributed by atoms with van der Waals surface area (Å²) in [5.74, 6) is 0.908. The fraction of sp³-hybridized carbons (Fsp3) is 0.294. The summed E-state index contributed by atoms with van der Waals surface area (Å²) in [5, 5.41) is 0. The highest BCUT2D eigenvalue weighted by molar-refractivity contribution is 6.19. The van der Waals surface area contributed by atoms with Gasteiger partial charge in [0.25, 0.3) is 0 Å². The predicted molar refractivity (Wildman–Crippen MR) is 92.7 cm³/mol. The summed E-state index contributed by atoms with van der Waals surface area (Å²) in [6.45, 7) is 4.80. The van der Waals surface area contributed by atoms with Crippen molar-refractivity contribution < 1.29 is 0 Å². The second-order valence-electron chi connectivity index (χ2n) is 5.77. The van der Waals surface area contributed by atoms with E-state index in [4.69, 9.17) is 11.8 Å². The summed E-state index contributed by atoms with van der Waals surface area (Å²) >= 11 is 6.41. The SMILES string of the molecule is Cln1c(CN2CCN(c3ccncc3)CC2)nc2ccccc21. The van der Waals surface area contributed by atoms with Crippen LogP contribution in [0, 0.1) is 0 Å². The zero-order chi connectivity index (χ0) is 15.6. The Balaban J connectivity index is 1.43. The zero-order valence-corrected chi connectivity index (χ0v) is 13.5. The van der Waals surface area contributed by atoms with E-state index in [2.05, 4.69) is 31.9 Å². The Bertz CT molecular complexity index is 793. The summed E-state index contributed by atoms with van der Waals surface area (Å²) < 4.78 is 1.69. The molecule has 23 heavy (non-hydrogen) atoms. The molecule has 118 valence electrons.